The molecule has 3 N–H and O–H groups in total. The number of aromatic nitrogens is 2. The van der Waals surface area contributed by atoms with E-state index in [9.17, 15) is 4.79 Å². The number of nitrogens with zero attached hydrogens (tertiary/aromatic N) is 4. The number of morpholine rings is 1. The van der Waals surface area contributed by atoms with Gasteiger partial charge in [-0.3, -0.25) is 0 Å². The van der Waals surface area contributed by atoms with E-state index in [1.807, 2.05) is 45.0 Å². The van der Waals surface area contributed by atoms with Gasteiger partial charge in [-0.1, -0.05) is 17.3 Å². The zero-order valence-corrected chi connectivity index (χ0v) is 24.3. The maximum Gasteiger partial charge on any atom is 0.413 e. The fourth-order valence-electron chi connectivity index (χ4n) is 4.13. The molecule has 1 fully saturated rings. The van der Waals surface area contributed by atoms with Crippen LogP contribution < -0.4 is 30.3 Å². The van der Waals surface area contributed by atoms with Gasteiger partial charge in [0.15, 0.2) is 5.75 Å². The molecule has 0 saturated carbocycles. The molecule has 0 unspecified atom stereocenters. The lowest BCUT2D eigenvalue weighted by atomic mass is 10.1. The van der Waals surface area contributed by atoms with Crippen molar-refractivity contribution in [2.75, 3.05) is 56.1 Å². The number of oxime groups is 1. The van der Waals surface area contributed by atoms with Crippen molar-refractivity contribution < 1.29 is 23.8 Å². The highest BCUT2D eigenvalue weighted by Gasteiger charge is 2.19. The number of hydrogen-bond donors (Lipinski definition) is 3. The zero-order valence-electron chi connectivity index (χ0n) is 24.3. The molecule has 218 valence electrons. The average Bonchev–Trinajstić information content (AvgIpc) is 2.94. The molecule has 4 rings (SSSR count). The van der Waals surface area contributed by atoms with E-state index >= 15 is 0 Å². The Balaban J connectivity index is 1.63. The Morgan fingerprint density at radius 2 is 1.76 bits per heavy atom. The summed E-state index contributed by atoms with van der Waals surface area (Å²) in [5.74, 6) is 1.73. The fourth-order valence-corrected chi connectivity index (χ4v) is 4.13. The highest BCUT2D eigenvalue weighted by molar-refractivity contribution is 6.03. The van der Waals surface area contributed by atoms with E-state index in [0.29, 0.717) is 59.1 Å². The number of amides is 1. The van der Waals surface area contributed by atoms with Crippen molar-refractivity contribution in [1.29, 1.82) is 0 Å². The van der Waals surface area contributed by atoms with E-state index in [2.05, 4.69) is 31.0 Å². The number of benzene rings is 2. The molecule has 2 aromatic carbocycles. The van der Waals surface area contributed by atoms with Crippen LogP contribution in [0.15, 0.2) is 53.8 Å². The second-order valence-corrected chi connectivity index (χ2v) is 10.3. The van der Waals surface area contributed by atoms with Gasteiger partial charge in [-0.15, -0.1) is 0 Å². The van der Waals surface area contributed by atoms with Gasteiger partial charge in [0.25, 0.3) is 0 Å². The first-order chi connectivity index (χ1) is 19.7. The second kappa shape index (κ2) is 13.2. The average molecular weight is 564 g/mol. The van der Waals surface area contributed by atoms with Crippen molar-refractivity contribution in [2.45, 2.75) is 33.2 Å². The summed E-state index contributed by atoms with van der Waals surface area (Å²) in [5, 5.41) is 13.4. The summed E-state index contributed by atoms with van der Waals surface area (Å²) in [5.41, 5.74) is 2.98. The predicted molar refractivity (Wildman–Crippen MR) is 159 cm³/mol. The van der Waals surface area contributed by atoms with E-state index in [0.717, 1.165) is 18.8 Å². The summed E-state index contributed by atoms with van der Waals surface area (Å²) in [4.78, 5) is 28.9. The maximum atomic E-state index is 12.5. The molecule has 0 bridgehead atoms. The minimum atomic E-state index is -0.568. The third kappa shape index (κ3) is 7.98. The number of rotatable bonds is 9. The van der Waals surface area contributed by atoms with Gasteiger partial charge in [-0.05, 0) is 52.0 Å². The van der Waals surface area contributed by atoms with Crippen molar-refractivity contribution >= 4 is 40.6 Å². The molecule has 0 atom stereocenters. The zero-order chi connectivity index (χ0) is 29.4. The minimum absolute atomic E-state index is 0.322. The smallest absolute Gasteiger partial charge is 0.413 e. The van der Waals surface area contributed by atoms with Crippen molar-refractivity contribution in [3.63, 3.8) is 0 Å². The molecule has 12 heteroatoms. The van der Waals surface area contributed by atoms with Crippen LogP contribution in [-0.2, 0) is 9.57 Å². The highest BCUT2D eigenvalue weighted by atomic mass is 16.6. The standard InChI is InChI=1S/C29H37N7O5/c1-19(35-39-6)21-18-30-27(32-23-12-11-20(17-25(23)38-5)36-13-15-40-16-14-36)33-26(21)31-22-9-7-8-10-24(22)41-28(37)34-29(2,3)4/h7-12,17-18H,13-16H2,1-6H3,(H,34,37)(H2,30,31,32,33)/b35-19+. The van der Waals surface area contributed by atoms with Crippen LogP contribution in [0.5, 0.6) is 11.5 Å². The van der Waals surface area contributed by atoms with Gasteiger partial charge in [0.05, 0.1) is 43.0 Å². The quantitative estimate of drug-likeness (QED) is 0.240. The Labute approximate surface area is 240 Å². The molecule has 1 amide bonds. The van der Waals surface area contributed by atoms with Crippen molar-refractivity contribution in [3.8, 4) is 11.5 Å². The van der Waals surface area contributed by atoms with E-state index in [-0.39, 0.29) is 0 Å². The highest BCUT2D eigenvalue weighted by Crippen LogP contribution is 2.33. The monoisotopic (exact) mass is 563 g/mol. The number of methoxy groups -OCH3 is 1. The van der Waals surface area contributed by atoms with Gasteiger partial charge in [0, 0.05) is 36.6 Å². The number of carbonyl (C=O) groups excluding carboxylic acids is 1. The molecular formula is C29H37N7O5. The van der Waals surface area contributed by atoms with Crippen LogP contribution in [0.25, 0.3) is 0 Å². The molecule has 1 aliphatic rings. The lowest BCUT2D eigenvalue weighted by Gasteiger charge is -2.29. The summed E-state index contributed by atoms with van der Waals surface area (Å²) < 4.78 is 16.7. The second-order valence-electron chi connectivity index (χ2n) is 10.3. The first-order valence-corrected chi connectivity index (χ1v) is 13.3. The minimum Gasteiger partial charge on any atom is -0.494 e. The van der Waals surface area contributed by atoms with Crippen LogP contribution >= 0.6 is 0 Å². The molecule has 0 radical (unpaired) electrons. The lowest BCUT2D eigenvalue weighted by Crippen LogP contribution is -2.42. The molecule has 1 saturated heterocycles. The van der Waals surface area contributed by atoms with Gasteiger partial charge in [0.1, 0.15) is 18.7 Å². The normalized spacial score (nSPS) is 13.8. The Hall–Kier alpha value is -4.58. The van der Waals surface area contributed by atoms with Gasteiger partial charge in [-0.2, -0.15) is 4.98 Å². The van der Waals surface area contributed by atoms with Crippen molar-refractivity contribution in [1.82, 2.24) is 15.3 Å². The Bertz CT molecular complexity index is 1380. The summed E-state index contributed by atoms with van der Waals surface area (Å²) in [6, 6.07) is 13.0. The SMILES string of the molecule is CO/N=C(\C)c1cnc(Nc2ccc(N3CCOCC3)cc2OC)nc1Nc1ccccc1OC(=O)NC(C)(C)C. The maximum absolute atomic E-state index is 12.5. The van der Waals surface area contributed by atoms with Crippen molar-refractivity contribution in [3.05, 3.63) is 54.2 Å². The molecule has 3 aromatic rings. The summed E-state index contributed by atoms with van der Waals surface area (Å²) in [6.07, 6.45) is 1.07. The van der Waals surface area contributed by atoms with Crippen molar-refractivity contribution in [2.24, 2.45) is 5.16 Å². The molecule has 2 heterocycles. The molecule has 1 aromatic heterocycles. The Morgan fingerprint density at radius 3 is 2.46 bits per heavy atom. The van der Waals surface area contributed by atoms with Crippen LogP contribution in [-0.4, -0.2) is 67.8 Å². The van der Waals surface area contributed by atoms with E-state index in [1.54, 1.807) is 38.4 Å². The van der Waals surface area contributed by atoms with Gasteiger partial charge in [-0.25, -0.2) is 9.78 Å². The third-order valence-electron chi connectivity index (χ3n) is 6.03. The van der Waals surface area contributed by atoms with E-state index in [1.165, 1.54) is 7.11 Å². The first-order valence-electron chi connectivity index (χ1n) is 13.3. The summed E-state index contributed by atoms with van der Waals surface area (Å²) in [7, 11) is 3.09. The topological polar surface area (TPSA) is 131 Å². The fraction of sp³-hybridized carbons (Fsp3) is 0.379. The number of anilines is 5. The van der Waals surface area contributed by atoms with E-state index in [4.69, 9.17) is 24.0 Å². The number of ether oxygens (including phenoxy) is 3. The molecule has 1 aliphatic heterocycles. The van der Waals surface area contributed by atoms with Gasteiger partial charge >= 0.3 is 6.09 Å². The van der Waals surface area contributed by atoms with Crippen LogP contribution in [0.3, 0.4) is 0 Å². The number of para-hydroxylation sites is 2. The Morgan fingerprint density at radius 1 is 1.02 bits per heavy atom. The van der Waals surface area contributed by atoms with E-state index < -0.39 is 11.6 Å². The van der Waals surface area contributed by atoms with Crippen LogP contribution in [0, 0.1) is 0 Å². The molecule has 12 nitrogen and oxygen atoms in total. The third-order valence-corrected chi connectivity index (χ3v) is 6.03. The number of hydrogen-bond acceptors (Lipinski definition) is 11. The number of nitrogens with one attached hydrogen (secondary N) is 3. The van der Waals surface area contributed by atoms with Gasteiger partial charge in [0.2, 0.25) is 5.95 Å². The molecule has 0 spiro atoms. The molecule has 0 aliphatic carbocycles. The number of carbonyl (C=O) groups is 1. The predicted octanol–water partition coefficient (Wildman–Crippen LogP) is 5.07. The van der Waals surface area contributed by atoms with Crippen LogP contribution in [0.2, 0.25) is 0 Å². The lowest BCUT2D eigenvalue weighted by molar-refractivity contribution is 0.122. The van der Waals surface area contributed by atoms with Gasteiger partial charge < -0.3 is 39.9 Å². The largest absolute Gasteiger partial charge is 0.494 e. The summed E-state index contributed by atoms with van der Waals surface area (Å²) >= 11 is 0. The van der Waals surface area contributed by atoms with Crippen LogP contribution in [0.4, 0.5) is 33.6 Å². The molecular weight excluding hydrogens is 526 g/mol. The summed E-state index contributed by atoms with van der Waals surface area (Å²) in [6.45, 7) is 10.4. The Kier molecular flexibility index (Phi) is 9.45. The molecule has 41 heavy (non-hydrogen) atoms. The van der Waals surface area contributed by atoms with Crippen LogP contribution in [0.1, 0.15) is 33.3 Å². The first kappa shape index (κ1) is 29.4.